The summed E-state index contributed by atoms with van der Waals surface area (Å²) in [6.45, 7) is 13.3. The summed E-state index contributed by atoms with van der Waals surface area (Å²) in [5, 5.41) is 0. The Labute approximate surface area is 121 Å². The number of rotatable bonds is 6. The van der Waals surface area contributed by atoms with Gasteiger partial charge < -0.3 is 0 Å². The lowest BCUT2D eigenvalue weighted by molar-refractivity contribution is 0.806. The van der Waals surface area contributed by atoms with Crippen molar-refractivity contribution in [3.05, 3.63) is 35.5 Å². The summed E-state index contributed by atoms with van der Waals surface area (Å²) < 4.78 is 0.211. The van der Waals surface area contributed by atoms with Crippen LogP contribution in [0.3, 0.4) is 0 Å². The van der Waals surface area contributed by atoms with Crippen molar-refractivity contribution in [1.29, 1.82) is 0 Å². The zero-order valence-corrected chi connectivity index (χ0v) is 14.3. The maximum atomic E-state index is 2.53. The summed E-state index contributed by atoms with van der Waals surface area (Å²) in [4.78, 5) is 0. The minimum absolute atomic E-state index is 0.211. The van der Waals surface area contributed by atoms with E-state index in [-0.39, 0.29) is 3.42 Å². The van der Waals surface area contributed by atoms with Crippen molar-refractivity contribution in [2.75, 3.05) is 0 Å². The van der Waals surface area contributed by atoms with E-state index in [1.165, 1.54) is 24.0 Å². The van der Waals surface area contributed by atoms with E-state index in [9.17, 15) is 0 Å². The second-order valence-electron chi connectivity index (χ2n) is 5.00. The molecule has 0 saturated carbocycles. The first-order valence-electron chi connectivity index (χ1n) is 6.56. The average Bonchev–Trinajstić information content (AvgIpc) is 2.16. The van der Waals surface area contributed by atoms with Gasteiger partial charge in [-0.2, -0.15) is 0 Å². The summed E-state index contributed by atoms with van der Waals surface area (Å²) in [5.41, 5.74) is 3.00. The average molecular weight is 346 g/mol. The molecule has 0 aliphatic carbocycles. The molecule has 0 heterocycles. The van der Waals surface area contributed by atoms with Crippen LogP contribution in [0.25, 0.3) is 0 Å². The molecule has 0 aromatic heterocycles. The number of hydrogen-bond donors (Lipinski definition) is 0. The summed E-state index contributed by atoms with van der Waals surface area (Å²) in [6, 6.07) is 0. The molecule has 0 spiro atoms. The Balaban J connectivity index is 5.21. The highest BCUT2D eigenvalue weighted by molar-refractivity contribution is 14.1. The number of alkyl halides is 1. The highest BCUT2D eigenvalue weighted by atomic mass is 127. The van der Waals surface area contributed by atoms with E-state index in [1.54, 1.807) is 0 Å². The van der Waals surface area contributed by atoms with Crippen LogP contribution >= 0.6 is 22.6 Å². The van der Waals surface area contributed by atoms with Crippen molar-refractivity contribution in [2.24, 2.45) is 5.92 Å². The van der Waals surface area contributed by atoms with Crippen molar-refractivity contribution in [3.8, 4) is 0 Å². The first-order valence-corrected chi connectivity index (χ1v) is 7.64. The maximum Gasteiger partial charge on any atom is 0.0413 e. The van der Waals surface area contributed by atoms with Gasteiger partial charge in [-0.05, 0) is 51.2 Å². The van der Waals surface area contributed by atoms with Gasteiger partial charge in [0.05, 0.1) is 0 Å². The summed E-state index contributed by atoms with van der Waals surface area (Å²) >= 11 is 2.53. The summed E-state index contributed by atoms with van der Waals surface area (Å²) in [6.07, 6.45) is 11.5. The van der Waals surface area contributed by atoms with E-state index in [1.807, 2.05) is 0 Å². The molecular formula is C16H27I. The van der Waals surface area contributed by atoms with E-state index in [0.717, 1.165) is 0 Å². The molecule has 0 N–H and O–H groups in total. The van der Waals surface area contributed by atoms with Crippen molar-refractivity contribution < 1.29 is 0 Å². The number of halogens is 1. The Morgan fingerprint density at radius 2 is 1.88 bits per heavy atom. The zero-order chi connectivity index (χ0) is 13.5. The van der Waals surface area contributed by atoms with Crippen LogP contribution in [0.1, 0.15) is 54.4 Å². The largest absolute Gasteiger partial charge is 0.0911 e. The molecule has 0 radical (unpaired) electrons. The Morgan fingerprint density at radius 1 is 1.29 bits per heavy atom. The van der Waals surface area contributed by atoms with Crippen LogP contribution in [0.15, 0.2) is 35.5 Å². The summed E-state index contributed by atoms with van der Waals surface area (Å²) in [5.74, 6) is 0.523. The molecule has 0 fully saturated rings. The molecule has 0 bridgehead atoms. The molecule has 0 saturated heterocycles. The lowest BCUT2D eigenvalue weighted by atomic mass is 9.89. The fourth-order valence-corrected chi connectivity index (χ4v) is 2.82. The quantitative estimate of drug-likeness (QED) is 0.236. The molecule has 0 aliphatic heterocycles. The van der Waals surface area contributed by atoms with Crippen LogP contribution in [0.2, 0.25) is 0 Å². The predicted molar refractivity (Wildman–Crippen MR) is 88.8 cm³/mol. The molecule has 1 heteroatoms. The second-order valence-corrected chi connectivity index (χ2v) is 7.70. The van der Waals surface area contributed by atoms with Crippen molar-refractivity contribution in [1.82, 2.24) is 0 Å². The molecule has 1 unspecified atom stereocenters. The first-order chi connectivity index (χ1) is 7.86. The van der Waals surface area contributed by atoms with Crippen LogP contribution < -0.4 is 0 Å². The third-order valence-electron chi connectivity index (χ3n) is 2.75. The van der Waals surface area contributed by atoms with Gasteiger partial charge in [-0.15, -0.1) is 0 Å². The molecule has 0 aromatic rings. The van der Waals surface area contributed by atoms with E-state index >= 15 is 0 Å². The minimum atomic E-state index is 0.211. The van der Waals surface area contributed by atoms with Gasteiger partial charge in [-0.3, -0.25) is 0 Å². The monoisotopic (exact) mass is 346 g/mol. The molecule has 1 atom stereocenters. The Bertz CT molecular complexity index is 300. The van der Waals surface area contributed by atoms with Crippen LogP contribution in [-0.2, 0) is 0 Å². The van der Waals surface area contributed by atoms with Crippen LogP contribution in [0.4, 0.5) is 0 Å². The smallest absolute Gasteiger partial charge is 0.0413 e. The Hall–Kier alpha value is -0.0500. The van der Waals surface area contributed by atoms with Gasteiger partial charge in [0.25, 0.3) is 0 Å². The van der Waals surface area contributed by atoms with Crippen molar-refractivity contribution in [2.45, 2.75) is 57.8 Å². The second kappa shape index (κ2) is 8.12. The summed E-state index contributed by atoms with van der Waals surface area (Å²) in [7, 11) is 0. The van der Waals surface area contributed by atoms with Crippen LogP contribution in [0, 0.1) is 5.92 Å². The predicted octanol–water partition coefficient (Wildman–Crippen LogP) is 6.09. The molecule has 0 rings (SSSR count). The third-order valence-corrected chi connectivity index (χ3v) is 3.34. The third kappa shape index (κ3) is 6.44. The van der Waals surface area contributed by atoms with E-state index < -0.39 is 0 Å². The van der Waals surface area contributed by atoms with Gasteiger partial charge in [-0.25, -0.2) is 0 Å². The van der Waals surface area contributed by atoms with Gasteiger partial charge in [0, 0.05) is 3.42 Å². The molecule has 0 nitrogen and oxygen atoms in total. The van der Waals surface area contributed by atoms with Gasteiger partial charge in [-0.1, -0.05) is 67.2 Å². The molecule has 0 aromatic carbocycles. The van der Waals surface area contributed by atoms with Crippen molar-refractivity contribution >= 4 is 22.6 Å². The lowest BCUT2D eigenvalue weighted by Crippen LogP contribution is -2.15. The molecular weight excluding hydrogens is 319 g/mol. The van der Waals surface area contributed by atoms with Gasteiger partial charge in [0.2, 0.25) is 0 Å². The molecule has 17 heavy (non-hydrogen) atoms. The molecule has 0 aliphatic rings. The lowest BCUT2D eigenvalue weighted by Gasteiger charge is -2.24. The SMILES string of the molecule is C/C=C\C(C)/C=C(CCC)\C(=C/C)C(C)(C)I. The van der Waals surface area contributed by atoms with E-state index in [4.69, 9.17) is 0 Å². The zero-order valence-electron chi connectivity index (χ0n) is 12.2. The standard InChI is InChI=1S/C16H27I/c1-7-10-13(4)12-14(11-8-2)15(9-3)16(5,6)17/h7,9-10,12-13H,8,11H2,1-6H3/b10-7-,14-12-,15-9+. The molecule has 98 valence electrons. The normalized spacial score (nSPS) is 16.6. The van der Waals surface area contributed by atoms with Gasteiger partial charge >= 0.3 is 0 Å². The fraction of sp³-hybridized carbons (Fsp3) is 0.625. The van der Waals surface area contributed by atoms with Gasteiger partial charge in [0.1, 0.15) is 0 Å². The first kappa shape index (κ1) is 16.9. The van der Waals surface area contributed by atoms with Crippen LogP contribution in [-0.4, -0.2) is 3.42 Å². The topological polar surface area (TPSA) is 0 Å². The molecule has 0 amide bonds. The highest BCUT2D eigenvalue weighted by Gasteiger charge is 2.21. The fourth-order valence-electron chi connectivity index (χ4n) is 2.16. The van der Waals surface area contributed by atoms with Gasteiger partial charge in [0.15, 0.2) is 0 Å². The number of hydrogen-bond acceptors (Lipinski definition) is 0. The Kier molecular flexibility index (Phi) is 8.10. The van der Waals surface area contributed by atoms with Crippen molar-refractivity contribution in [3.63, 3.8) is 0 Å². The maximum absolute atomic E-state index is 2.53. The van der Waals surface area contributed by atoms with E-state index in [2.05, 4.69) is 88.4 Å². The number of allylic oxidation sites excluding steroid dienone is 6. The Morgan fingerprint density at radius 3 is 2.24 bits per heavy atom. The minimum Gasteiger partial charge on any atom is -0.0911 e. The highest BCUT2D eigenvalue weighted by Crippen LogP contribution is 2.34. The van der Waals surface area contributed by atoms with Crippen LogP contribution in [0.5, 0.6) is 0 Å². The van der Waals surface area contributed by atoms with E-state index in [0.29, 0.717) is 5.92 Å².